The van der Waals surface area contributed by atoms with Crippen molar-refractivity contribution in [1.82, 2.24) is 25.0 Å². The fraction of sp³-hybridized carbons (Fsp3) is 0.250. The monoisotopic (exact) mass is 310 g/mol. The molecule has 0 aliphatic carbocycles. The van der Waals surface area contributed by atoms with Crippen molar-refractivity contribution in [3.05, 3.63) is 63.3 Å². The highest BCUT2D eigenvalue weighted by molar-refractivity contribution is 5.38. The Morgan fingerprint density at radius 3 is 2.61 bits per heavy atom. The number of rotatable bonds is 4. The van der Waals surface area contributed by atoms with Crippen molar-refractivity contribution in [1.29, 1.82) is 0 Å². The molecule has 0 saturated heterocycles. The van der Waals surface area contributed by atoms with E-state index >= 15 is 0 Å². The second-order valence-corrected chi connectivity index (χ2v) is 5.48. The molecule has 0 unspecified atom stereocenters. The predicted octanol–water partition coefficient (Wildman–Crippen LogP) is 1.89. The van der Waals surface area contributed by atoms with Crippen LogP contribution in [0.2, 0.25) is 0 Å². The van der Waals surface area contributed by atoms with Gasteiger partial charge in [-0.05, 0) is 50.6 Å². The molecule has 0 aliphatic heterocycles. The second-order valence-electron chi connectivity index (χ2n) is 5.48. The van der Waals surface area contributed by atoms with Gasteiger partial charge in [0.05, 0.1) is 5.69 Å². The van der Waals surface area contributed by atoms with Crippen molar-refractivity contribution < 1.29 is 0 Å². The van der Waals surface area contributed by atoms with Gasteiger partial charge < -0.3 is 10.3 Å². The third-order valence-corrected chi connectivity index (χ3v) is 3.55. The zero-order valence-corrected chi connectivity index (χ0v) is 13.3. The highest BCUT2D eigenvalue weighted by Gasteiger charge is 2.06. The normalized spacial score (nSPS) is 10.7. The number of hydrogen-bond donors (Lipinski definition) is 2. The first-order chi connectivity index (χ1) is 11.0. The maximum absolute atomic E-state index is 12.0. The van der Waals surface area contributed by atoms with Crippen LogP contribution < -0.4 is 10.9 Å². The van der Waals surface area contributed by atoms with Crippen LogP contribution in [0.15, 0.2) is 35.3 Å². The van der Waals surface area contributed by atoms with E-state index in [0.29, 0.717) is 23.7 Å². The number of hydrogen-bond acceptors (Lipinski definition) is 5. The van der Waals surface area contributed by atoms with Gasteiger partial charge in [0.15, 0.2) is 5.82 Å². The molecule has 0 fully saturated rings. The molecule has 23 heavy (non-hydrogen) atoms. The summed E-state index contributed by atoms with van der Waals surface area (Å²) in [5, 5.41) is 15.7. The average molecular weight is 310 g/mol. The SMILES string of the molecule is Cc1ccn(-c2ccc(NCc3c(C)cc(C)[nH]c3=O)nn2)n1. The molecular formula is C16H18N6O. The highest BCUT2D eigenvalue weighted by Crippen LogP contribution is 2.09. The molecule has 3 aromatic heterocycles. The molecule has 0 spiro atoms. The van der Waals surface area contributed by atoms with Gasteiger partial charge in [-0.3, -0.25) is 4.79 Å². The quantitative estimate of drug-likeness (QED) is 0.768. The molecule has 3 rings (SSSR count). The van der Waals surface area contributed by atoms with Crippen LogP contribution in [0.25, 0.3) is 5.82 Å². The first kappa shape index (κ1) is 15.0. The van der Waals surface area contributed by atoms with Crippen molar-refractivity contribution in [3.8, 4) is 5.82 Å². The Bertz CT molecular complexity index is 878. The van der Waals surface area contributed by atoms with Crippen LogP contribution in [0, 0.1) is 20.8 Å². The minimum atomic E-state index is -0.0772. The average Bonchev–Trinajstić information content (AvgIpc) is 2.93. The van der Waals surface area contributed by atoms with Gasteiger partial charge in [-0.1, -0.05) is 0 Å². The molecular weight excluding hydrogens is 292 g/mol. The number of nitrogens with one attached hydrogen (secondary N) is 2. The summed E-state index contributed by atoms with van der Waals surface area (Å²) < 4.78 is 1.67. The molecule has 0 aliphatic rings. The van der Waals surface area contributed by atoms with E-state index in [1.54, 1.807) is 4.68 Å². The van der Waals surface area contributed by atoms with E-state index in [4.69, 9.17) is 0 Å². The van der Waals surface area contributed by atoms with Crippen molar-refractivity contribution in [2.45, 2.75) is 27.3 Å². The third kappa shape index (κ3) is 3.28. The topological polar surface area (TPSA) is 88.5 Å². The van der Waals surface area contributed by atoms with Crippen molar-refractivity contribution >= 4 is 5.82 Å². The number of anilines is 1. The molecule has 3 heterocycles. The number of aromatic amines is 1. The lowest BCUT2D eigenvalue weighted by Crippen LogP contribution is -2.19. The molecule has 0 aromatic carbocycles. The van der Waals surface area contributed by atoms with Crippen LogP contribution in [0.4, 0.5) is 5.82 Å². The fourth-order valence-corrected chi connectivity index (χ4v) is 2.36. The van der Waals surface area contributed by atoms with Gasteiger partial charge in [0.1, 0.15) is 5.82 Å². The molecule has 0 atom stereocenters. The molecule has 0 bridgehead atoms. The molecule has 0 amide bonds. The van der Waals surface area contributed by atoms with Crippen LogP contribution in [0.5, 0.6) is 0 Å². The van der Waals surface area contributed by atoms with Gasteiger partial charge in [-0.2, -0.15) is 5.10 Å². The van der Waals surface area contributed by atoms with E-state index in [2.05, 4.69) is 25.6 Å². The van der Waals surface area contributed by atoms with Crippen LogP contribution in [-0.4, -0.2) is 25.0 Å². The van der Waals surface area contributed by atoms with E-state index in [1.807, 2.05) is 51.2 Å². The molecule has 0 radical (unpaired) electrons. The lowest BCUT2D eigenvalue weighted by atomic mass is 10.1. The summed E-state index contributed by atoms with van der Waals surface area (Å²) in [6.45, 7) is 6.11. The Hall–Kier alpha value is -2.96. The van der Waals surface area contributed by atoms with Crippen molar-refractivity contribution in [2.24, 2.45) is 0 Å². The zero-order valence-electron chi connectivity index (χ0n) is 13.3. The standard InChI is InChI=1S/C16H18N6O/c1-10-8-12(3)18-16(23)13(10)9-17-14-4-5-15(20-19-14)22-7-6-11(2)21-22/h4-8H,9H2,1-3H3,(H,17,19)(H,18,23). The van der Waals surface area contributed by atoms with Gasteiger partial charge in [0.2, 0.25) is 0 Å². The predicted molar refractivity (Wildman–Crippen MR) is 87.8 cm³/mol. The van der Waals surface area contributed by atoms with E-state index < -0.39 is 0 Å². The molecule has 3 aromatic rings. The number of H-pyrrole nitrogens is 1. The van der Waals surface area contributed by atoms with Crippen LogP contribution in [0.3, 0.4) is 0 Å². The molecule has 7 heteroatoms. The number of aromatic nitrogens is 5. The number of nitrogens with zero attached hydrogens (tertiary/aromatic N) is 4. The Labute approximate surface area is 133 Å². The van der Waals surface area contributed by atoms with Gasteiger partial charge >= 0.3 is 0 Å². The molecule has 0 saturated carbocycles. The Kier molecular flexibility index (Phi) is 3.92. The van der Waals surface area contributed by atoms with Crippen LogP contribution in [-0.2, 0) is 6.54 Å². The van der Waals surface area contributed by atoms with Crippen molar-refractivity contribution in [2.75, 3.05) is 5.32 Å². The fourth-order valence-electron chi connectivity index (χ4n) is 2.36. The minimum absolute atomic E-state index is 0.0772. The summed E-state index contributed by atoms with van der Waals surface area (Å²) in [4.78, 5) is 14.8. The Morgan fingerprint density at radius 1 is 1.17 bits per heavy atom. The number of aryl methyl sites for hydroxylation is 3. The summed E-state index contributed by atoms with van der Waals surface area (Å²) in [6.07, 6.45) is 1.83. The van der Waals surface area contributed by atoms with E-state index in [0.717, 1.165) is 17.0 Å². The maximum Gasteiger partial charge on any atom is 0.253 e. The van der Waals surface area contributed by atoms with Crippen LogP contribution in [0.1, 0.15) is 22.5 Å². The van der Waals surface area contributed by atoms with E-state index in [-0.39, 0.29) is 5.56 Å². The van der Waals surface area contributed by atoms with Gasteiger partial charge in [-0.25, -0.2) is 4.68 Å². The lowest BCUT2D eigenvalue weighted by molar-refractivity contribution is 0.803. The summed E-state index contributed by atoms with van der Waals surface area (Å²) in [5.41, 5.74) is 3.35. The first-order valence-corrected chi connectivity index (χ1v) is 7.32. The van der Waals surface area contributed by atoms with E-state index in [9.17, 15) is 4.79 Å². The number of pyridine rings is 1. The smallest absolute Gasteiger partial charge is 0.253 e. The Morgan fingerprint density at radius 2 is 2.00 bits per heavy atom. The maximum atomic E-state index is 12.0. The van der Waals surface area contributed by atoms with Crippen molar-refractivity contribution in [3.63, 3.8) is 0 Å². The van der Waals surface area contributed by atoms with Gasteiger partial charge in [0, 0.05) is 24.0 Å². The summed E-state index contributed by atoms with van der Waals surface area (Å²) in [6, 6.07) is 7.50. The summed E-state index contributed by atoms with van der Waals surface area (Å²) >= 11 is 0. The summed E-state index contributed by atoms with van der Waals surface area (Å²) in [7, 11) is 0. The Balaban J connectivity index is 1.73. The van der Waals surface area contributed by atoms with Gasteiger partial charge in [0.25, 0.3) is 5.56 Å². The highest BCUT2D eigenvalue weighted by atomic mass is 16.1. The largest absolute Gasteiger partial charge is 0.364 e. The second kappa shape index (κ2) is 6.04. The first-order valence-electron chi connectivity index (χ1n) is 7.32. The molecule has 2 N–H and O–H groups in total. The lowest BCUT2D eigenvalue weighted by Gasteiger charge is -2.08. The molecule has 7 nitrogen and oxygen atoms in total. The molecule has 118 valence electrons. The minimum Gasteiger partial charge on any atom is -0.364 e. The van der Waals surface area contributed by atoms with Gasteiger partial charge in [-0.15, -0.1) is 10.2 Å². The third-order valence-electron chi connectivity index (χ3n) is 3.55. The summed E-state index contributed by atoms with van der Waals surface area (Å²) in [5.74, 6) is 1.25. The zero-order chi connectivity index (χ0) is 16.4. The van der Waals surface area contributed by atoms with E-state index in [1.165, 1.54) is 0 Å². The van der Waals surface area contributed by atoms with Crippen LogP contribution >= 0.6 is 0 Å².